The fourth-order valence-corrected chi connectivity index (χ4v) is 0.363. The Morgan fingerprint density at radius 1 is 1.62 bits per heavy atom. The van der Waals surface area contributed by atoms with E-state index in [1.807, 2.05) is 0 Å². The molecule has 0 saturated carbocycles. The van der Waals surface area contributed by atoms with Crippen molar-refractivity contribution in [3.8, 4) is 0 Å². The van der Waals surface area contributed by atoms with Crippen LogP contribution in [0.25, 0.3) is 0 Å². The molecule has 1 aliphatic rings. The molecule has 0 aromatic rings. The minimum atomic E-state index is -1.30. The predicted octanol–water partition coefficient (Wildman–Crippen LogP) is -1.24. The van der Waals surface area contributed by atoms with Crippen molar-refractivity contribution in [1.29, 1.82) is 0 Å². The zero-order chi connectivity index (χ0) is 6.15. The first-order valence-electron chi connectivity index (χ1n) is 2.01. The van der Waals surface area contributed by atoms with Gasteiger partial charge in [-0.3, -0.25) is 5.73 Å². The largest absolute Gasteiger partial charge is 0.512 e. The van der Waals surface area contributed by atoms with E-state index < -0.39 is 18.7 Å². The van der Waals surface area contributed by atoms with E-state index >= 15 is 0 Å². The first-order valence-corrected chi connectivity index (χ1v) is 2.01. The molecule has 1 rings (SSSR count). The summed E-state index contributed by atoms with van der Waals surface area (Å²) in [5.74, 6) is 0. The van der Waals surface area contributed by atoms with E-state index in [2.05, 4.69) is 9.47 Å². The molecule has 0 aromatic heterocycles. The molecule has 0 amide bonds. The molecule has 1 saturated heterocycles. The highest BCUT2D eigenvalue weighted by molar-refractivity contribution is 5.61. The van der Waals surface area contributed by atoms with Gasteiger partial charge in [-0.2, -0.15) is 0 Å². The lowest BCUT2D eigenvalue weighted by molar-refractivity contribution is -0.0426. The minimum absolute atomic E-state index is 0.926. The first kappa shape index (κ1) is 5.33. The zero-order valence-corrected chi connectivity index (χ0v) is 3.90. The van der Waals surface area contributed by atoms with Crippen LogP contribution in [-0.4, -0.2) is 23.8 Å². The van der Waals surface area contributed by atoms with Gasteiger partial charge in [0.1, 0.15) is 0 Å². The standard InChI is InChI=1S/C3H5NO4/c4-1-2(5)8-3(6)7-1/h1-2,5H,4H2. The SMILES string of the molecule is NC1OC(=O)OC1O. The van der Waals surface area contributed by atoms with Crippen LogP contribution < -0.4 is 5.73 Å². The van der Waals surface area contributed by atoms with Crippen molar-refractivity contribution in [1.82, 2.24) is 0 Å². The Hall–Kier alpha value is -0.810. The average molecular weight is 119 g/mol. The number of rotatable bonds is 0. The molecular weight excluding hydrogens is 114 g/mol. The Kier molecular flexibility index (Phi) is 1.07. The molecule has 0 radical (unpaired) electrons. The zero-order valence-electron chi connectivity index (χ0n) is 3.90. The van der Waals surface area contributed by atoms with E-state index in [-0.39, 0.29) is 0 Å². The Morgan fingerprint density at radius 2 is 2.25 bits per heavy atom. The van der Waals surface area contributed by atoms with Gasteiger partial charge in [0.15, 0.2) is 0 Å². The number of aliphatic hydroxyl groups excluding tert-OH is 1. The fraction of sp³-hybridized carbons (Fsp3) is 0.667. The van der Waals surface area contributed by atoms with E-state index in [0.29, 0.717) is 0 Å². The molecule has 5 heteroatoms. The van der Waals surface area contributed by atoms with Crippen molar-refractivity contribution in [3.63, 3.8) is 0 Å². The van der Waals surface area contributed by atoms with Crippen LogP contribution in [0.5, 0.6) is 0 Å². The van der Waals surface area contributed by atoms with Crippen molar-refractivity contribution < 1.29 is 19.4 Å². The Labute approximate surface area is 45.0 Å². The van der Waals surface area contributed by atoms with E-state index in [9.17, 15) is 4.79 Å². The Morgan fingerprint density at radius 3 is 2.38 bits per heavy atom. The van der Waals surface area contributed by atoms with Crippen LogP contribution >= 0.6 is 0 Å². The van der Waals surface area contributed by atoms with Crippen LogP contribution in [0.1, 0.15) is 0 Å². The Balaban J connectivity index is 2.51. The molecule has 1 heterocycles. The molecule has 1 aliphatic heterocycles. The van der Waals surface area contributed by atoms with Crippen LogP contribution in [0.15, 0.2) is 0 Å². The van der Waals surface area contributed by atoms with Crippen molar-refractivity contribution >= 4 is 6.16 Å². The van der Waals surface area contributed by atoms with Crippen molar-refractivity contribution in [2.45, 2.75) is 12.5 Å². The quantitative estimate of drug-likeness (QED) is 0.389. The van der Waals surface area contributed by atoms with Gasteiger partial charge in [-0.05, 0) is 0 Å². The van der Waals surface area contributed by atoms with Crippen LogP contribution in [0, 0.1) is 0 Å². The minimum Gasteiger partial charge on any atom is -0.408 e. The summed E-state index contributed by atoms with van der Waals surface area (Å²) in [6, 6.07) is 0. The molecule has 3 N–H and O–H groups in total. The average Bonchev–Trinajstić information content (AvgIpc) is 1.85. The van der Waals surface area contributed by atoms with E-state index in [4.69, 9.17) is 10.8 Å². The summed E-state index contributed by atoms with van der Waals surface area (Å²) >= 11 is 0. The van der Waals surface area contributed by atoms with Gasteiger partial charge in [-0.25, -0.2) is 4.79 Å². The molecule has 0 aliphatic carbocycles. The van der Waals surface area contributed by atoms with Crippen molar-refractivity contribution in [3.05, 3.63) is 0 Å². The van der Waals surface area contributed by atoms with E-state index in [0.717, 1.165) is 0 Å². The lowest BCUT2D eigenvalue weighted by Gasteiger charge is -1.99. The maximum absolute atomic E-state index is 9.98. The predicted molar refractivity (Wildman–Crippen MR) is 21.5 cm³/mol. The number of carbonyl (C=O) groups is 1. The Bertz CT molecular complexity index is 102. The maximum atomic E-state index is 9.98. The summed E-state index contributed by atoms with van der Waals surface area (Å²) in [7, 11) is 0. The lowest BCUT2D eigenvalue weighted by atomic mass is 10.6. The van der Waals surface area contributed by atoms with Crippen LogP contribution in [0.2, 0.25) is 0 Å². The fourth-order valence-electron chi connectivity index (χ4n) is 0.363. The molecule has 2 atom stereocenters. The highest BCUT2D eigenvalue weighted by atomic mass is 16.8. The number of carbonyl (C=O) groups excluding carboxylic acids is 1. The van der Waals surface area contributed by atoms with Crippen molar-refractivity contribution in [2.24, 2.45) is 5.73 Å². The van der Waals surface area contributed by atoms with E-state index in [1.165, 1.54) is 0 Å². The molecule has 5 nitrogen and oxygen atoms in total. The van der Waals surface area contributed by atoms with Gasteiger partial charge < -0.3 is 14.6 Å². The molecule has 46 valence electrons. The third-order valence-corrected chi connectivity index (χ3v) is 0.730. The molecule has 1 fully saturated rings. The summed E-state index contributed by atoms with van der Waals surface area (Å²) < 4.78 is 8.18. The number of cyclic esters (lactones) is 2. The van der Waals surface area contributed by atoms with Gasteiger partial charge in [0.05, 0.1) is 0 Å². The lowest BCUT2D eigenvalue weighted by Crippen LogP contribution is -2.30. The van der Waals surface area contributed by atoms with Gasteiger partial charge >= 0.3 is 6.16 Å². The van der Waals surface area contributed by atoms with Crippen molar-refractivity contribution in [2.75, 3.05) is 0 Å². The molecular formula is C3H5NO4. The normalized spacial score (nSPS) is 36.5. The van der Waals surface area contributed by atoms with Gasteiger partial charge in [0, 0.05) is 0 Å². The number of hydrogen-bond acceptors (Lipinski definition) is 5. The van der Waals surface area contributed by atoms with Gasteiger partial charge in [0.25, 0.3) is 6.29 Å². The summed E-state index contributed by atoms with van der Waals surface area (Å²) in [6.07, 6.45) is -3.25. The first-order chi connectivity index (χ1) is 3.70. The third-order valence-electron chi connectivity index (χ3n) is 0.730. The molecule has 0 bridgehead atoms. The molecule has 0 aromatic carbocycles. The summed E-state index contributed by atoms with van der Waals surface area (Å²) in [5.41, 5.74) is 4.95. The second kappa shape index (κ2) is 1.61. The highest BCUT2D eigenvalue weighted by Crippen LogP contribution is 2.06. The van der Waals surface area contributed by atoms with Crippen LogP contribution in [0.4, 0.5) is 4.79 Å². The molecule has 8 heavy (non-hydrogen) atoms. The van der Waals surface area contributed by atoms with Crippen LogP contribution in [-0.2, 0) is 9.47 Å². The third kappa shape index (κ3) is 0.728. The molecule has 2 unspecified atom stereocenters. The number of aliphatic hydroxyl groups is 1. The maximum Gasteiger partial charge on any atom is 0.512 e. The topological polar surface area (TPSA) is 81.8 Å². The molecule has 0 spiro atoms. The monoisotopic (exact) mass is 119 g/mol. The van der Waals surface area contributed by atoms with Gasteiger partial charge in [-0.1, -0.05) is 0 Å². The summed E-state index contributed by atoms with van der Waals surface area (Å²) in [6.45, 7) is 0. The van der Waals surface area contributed by atoms with Crippen LogP contribution in [0.3, 0.4) is 0 Å². The number of ether oxygens (including phenoxy) is 2. The summed E-state index contributed by atoms with van der Waals surface area (Å²) in [4.78, 5) is 9.98. The van der Waals surface area contributed by atoms with Gasteiger partial charge in [0.2, 0.25) is 6.23 Å². The van der Waals surface area contributed by atoms with E-state index in [1.54, 1.807) is 0 Å². The highest BCUT2D eigenvalue weighted by Gasteiger charge is 2.31. The summed E-state index contributed by atoms with van der Waals surface area (Å²) in [5, 5.41) is 8.48. The van der Waals surface area contributed by atoms with Gasteiger partial charge in [-0.15, -0.1) is 0 Å². The second-order valence-electron chi connectivity index (χ2n) is 1.34. The smallest absolute Gasteiger partial charge is 0.408 e. The number of hydrogen-bond donors (Lipinski definition) is 2. The number of nitrogens with two attached hydrogens (primary N) is 1. The second-order valence-corrected chi connectivity index (χ2v) is 1.34.